The van der Waals surface area contributed by atoms with E-state index in [2.05, 4.69) is 18.7 Å². The summed E-state index contributed by atoms with van der Waals surface area (Å²) in [6.45, 7) is 5.38. The molecule has 2 nitrogen and oxygen atoms in total. The van der Waals surface area contributed by atoms with E-state index in [4.69, 9.17) is 0 Å². The molecular formula is C13H25NO. The van der Waals surface area contributed by atoms with E-state index in [9.17, 15) is 4.79 Å². The van der Waals surface area contributed by atoms with E-state index in [0.29, 0.717) is 11.9 Å². The van der Waals surface area contributed by atoms with E-state index in [1.165, 1.54) is 32.1 Å². The summed E-state index contributed by atoms with van der Waals surface area (Å²) < 4.78 is 0. The summed E-state index contributed by atoms with van der Waals surface area (Å²) in [6, 6.07) is 0.535. The molecule has 0 spiro atoms. The minimum absolute atomic E-state index is 0.398. The number of rotatable bonds is 5. The molecule has 0 aromatic heterocycles. The third kappa shape index (κ3) is 3.84. The average Bonchev–Trinajstić information content (AvgIpc) is 2.29. The molecule has 0 saturated carbocycles. The molecule has 1 aliphatic rings. The summed E-state index contributed by atoms with van der Waals surface area (Å²) in [5.74, 6) is 0.398. The topological polar surface area (TPSA) is 20.3 Å². The maximum atomic E-state index is 12.0. The van der Waals surface area contributed by atoms with Crippen molar-refractivity contribution < 1.29 is 4.79 Å². The van der Waals surface area contributed by atoms with Gasteiger partial charge >= 0.3 is 0 Å². The van der Waals surface area contributed by atoms with Gasteiger partial charge in [0.15, 0.2) is 0 Å². The molecule has 0 bridgehead atoms. The van der Waals surface area contributed by atoms with Crippen molar-refractivity contribution in [3.05, 3.63) is 0 Å². The van der Waals surface area contributed by atoms with Crippen LogP contribution >= 0.6 is 0 Å². The molecule has 15 heavy (non-hydrogen) atoms. The molecule has 1 fully saturated rings. The lowest BCUT2D eigenvalue weighted by atomic mass is 9.99. The SMILES string of the molecule is CCCCCC(=O)N1CCCCC1CC. The van der Waals surface area contributed by atoms with Gasteiger partial charge in [-0.05, 0) is 32.1 Å². The van der Waals surface area contributed by atoms with Crippen molar-refractivity contribution in [1.82, 2.24) is 4.90 Å². The van der Waals surface area contributed by atoms with Crippen molar-refractivity contribution in [3.8, 4) is 0 Å². The number of carbonyl (C=O) groups excluding carboxylic acids is 1. The van der Waals surface area contributed by atoms with Gasteiger partial charge in [0.05, 0.1) is 0 Å². The highest BCUT2D eigenvalue weighted by Gasteiger charge is 2.24. The minimum atomic E-state index is 0.398. The van der Waals surface area contributed by atoms with E-state index in [-0.39, 0.29) is 0 Å². The van der Waals surface area contributed by atoms with Gasteiger partial charge in [0.2, 0.25) is 5.91 Å². The molecule has 1 heterocycles. The van der Waals surface area contributed by atoms with E-state index >= 15 is 0 Å². The highest BCUT2D eigenvalue weighted by molar-refractivity contribution is 5.76. The molecule has 0 aliphatic carbocycles. The molecule has 2 heteroatoms. The molecule has 1 rings (SSSR count). The molecule has 1 aliphatic heterocycles. The van der Waals surface area contributed by atoms with Crippen LogP contribution < -0.4 is 0 Å². The predicted octanol–water partition coefficient (Wildman–Crippen LogP) is 3.36. The molecule has 1 unspecified atom stereocenters. The summed E-state index contributed by atoms with van der Waals surface area (Å²) in [4.78, 5) is 14.1. The Labute approximate surface area is 94.0 Å². The molecular weight excluding hydrogens is 186 g/mol. The quantitative estimate of drug-likeness (QED) is 0.639. The Morgan fingerprint density at radius 2 is 2.07 bits per heavy atom. The molecule has 1 atom stereocenters. The third-order valence-corrected chi connectivity index (χ3v) is 3.41. The van der Waals surface area contributed by atoms with Crippen LogP contribution in [0.25, 0.3) is 0 Å². The van der Waals surface area contributed by atoms with Gasteiger partial charge < -0.3 is 4.90 Å². The Bertz CT molecular complexity index is 191. The fourth-order valence-corrected chi connectivity index (χ4v) is 2.42. The molecule has 88 valence electrons. The number of amides is 1. The van der Waals surface area contributed by atoms with Crippen molar-refractivity contribution in [2.75, 3.05) is 6.54 Å². The maximum absolute atomic E-state index is 12.0. The molecule has 0 N–H and O–H groups in total. The molecule has 0 aromatic carbocycles. The van der Waals surface area contributed by atoms with Gasteiger partial charge in [0.1, 0.15) is 0 Å². The van der Waals surface area contributed by atoms with Gasteiger partial charge in [-0.15, -0.1) is 0 Å². The fourth-order valence-electron chi connectivity index (χ4n) is 2.42. The van der Waals surface area contributed by atoms with Crippen LogP contribution in [0.2, 0.25) is 0 Å². The first-order valence-corrected chi connectivity index (χ1v) is 6.59. The Hall–Kier alpha value is -0.530. The number of hydrogen-bond acceptors (Lipinski definition) is 1. The first kappa shape index (κ1) is 12.5. The third-order valence-electron chi connectivity index (χ3n) is 3.41. The second-order valence-corrected chi connectivity index (χ2v) is 4.60. The summed E-state index contributed by atoms with van der Waals surface area (Å²) in [6.07, 6.45) is 9.08. The van der Waals surface area contributed by atoms with Gasteiger partial charge in [-0.3, -0.25) is 4.79 Å². The van der Waals surface area contributed by atoms with Crippen LogP contribution in [0, 0.1) is 0 Å². The molecule has 1 saturated heterocycles. The second-order valence-electron chi connectivity index (χ2n) is 4.60. The summed E-state index contributed by atoms with van der Waals surface area (Å²) in [5, 5.41) is 0. The first-order valence-electron chi connectivity index (χ1n) is 6.59. The van der Waals surface area contributed by atoms with E-state index in [1.807, 2.05) is 0 Å². The highest BCUT2D eigenvalue weighted by atomic mass is 16.2. The molecule has 0 radical (unpaired) electrons. The van der Waals surface area contributed by atoms with Crippen LogP contribution in [0.5, 0.6) is 0 Å². The largest absolute Gasteiger partial charge is 0.340 e. The Kier molecular flexibility index (Phi) is 5.74. The average molecular weight is 211 g/mol. The van der Waals surface area contributed by atoms with Crippen molar-refractivity contribution in [3.63, 3.8) is 0 Å². The zero-order chi connectivity index (χ0) is 11.1. The number of piperidine rings is 1. The Morgan fingerprint density at radius 1 is 1.27 bits per heavy atom. The predicted molar refractivity (Wildman–Crippen MR) is 63.8 cm³/mol. The highest BCUT2D eigenvalue weighted by Crippen LogP contribution is 2.20. The zero-order valence-electron chi connectivity index (χ0n) is 10.3. The van der Waals surface area contributed by atoms with Crippen LogP contribution in [-0.4, -0.2) is 23.4 Å². The smallest absolute Gasteiger partial charge is 0.222 e. The number of hydrogen-bond donors (Lipinski definition) is 0. The summed E-state index contributed by atoms with van der Waals surface area (Å²) in [5.41, 5.74) is 0. The lowest BCUT2D eigenvalue weighted by molar-refractivity contribution is -0.135. The standard InChI is InChI=1S/C13H25NO/c1-3-5-6-10-13(15)14-11-8-7-9-12(14)4-2/h12H,3-11H2,1-2H3. The normalized spacial score (nSPS) is 21.7. The van der Waals surface area contributed by atoms with Crippen LogP contribution in [0.15, 0.2) is 0 Å². The molecule has 0 aromatic rings. The summed E-state index contributed by atoms with van der Waals surface area (Å²) in [7, 11) is 0. The van der Waals surface area contributed by atoms with Crippen molar-refractivity contribution in [2.24, 2.45) is 0 Å². The number of nitrogens with zero attached hydrogens (tertiary/aromatic N) is 1. The lowest BCUT2D eigenvalue weighted by Gasteiger charge is -2.35. The van der Waals surface area contributed by atoms with Gasteiger partial charge in [-0.1, -0.05) is 26.7 Å². The number of unbranched alkanes of at least 4 members (excludes halogenated alkanes) is 2. The second kappa shape index (κ2) is 6.86. The first-order chi connectivity index (χ1) is 7.29. The van der Waals surface area contributed by atoms with Crippen LogP contribution in [0.4, 0.5) is 0 Å². The minimum Gasteiger partial charge on any atom is -0.340 e. The lowest BCUT2D eigenvalue weighted by Crippen LogP contribution is -2.43. The maximum Gasteiger partial charge on any atom is 0.222 e. The van der Waals surface area contributed by atoms with Crippen LogP contribution in [0.3, 0.4) is 0 Å². The number of carbonyl (C=O) groups is 1. The van der Waals surface area contributed by atoms with E-state index in [1.54, 1.807) is 0 Å². The van der Waals surface area contributed by atoms with E-state index in [0.717, 1.165) is 25.8 Å². The van der Waals surface area contributed by atoms with Gasteiger partial charge in [-0.2, -0.15) is 0 Å². The van der Waals surface area contributed by atoms with Crippen molar-refractivity contribution in [2.45, 2.75) is 71.3 Å². The van der Waals surface area contributed by atoms with Crippen LogP contribution in [-0.2, 0) is 4.79 Å². The summed E-state index contributed by atoms with van der Waals surface area (Å²) >= 11 is 0. The van der Waals surface area contributed by atoms with Crippen LogP contribution in [0.1, 0.15) is 65.2 Å². The molecule has 1 amide bonds. The van der Waals surface area contributed by atoms with Crippen molar-refractivity contribution >= 4 is 5.91 Å². The monoisotopic (exact) mass is 211 g/mol. The van der Waals surface area contributed by atoms with Gasteiger partial charge in [0.25, 0.3) is 0 Å². The zero-order valence-corrected chi connectivity index (χ0v) is 10.3. The van der Waals surface area contributed by atoms with Gasteiger partial charge in [0, 0.05) is 19.0 Å². The number of likely N-dealkylation sites (tertiary alicyclic amines) is 1. The van der Waals surface area contributed by atoms with Crippen molar-refractivity contribution in [1.29, 1.82) is 0 Å². The fraction of sp³-hybridized carbons (Fsp3) is 0.923. The Balaban J connectivity index is 2.34. The van der Waals surface area contributed by atoms with E-state index < -0.39 is 0 Å². The Morgan fingerprint density at radius 3 is 2.73 bits per heavy atom. The van der Waals surface area contributed by atoms with Gasteiger partial charge in [-0.25, -0.2) is 0 Å².